The van der Waals surface area contributed by atoms with Crippen molar-refractivity contribution in [2.75, 3.05) is 59.7 Å². The van der Waals surface area contributed by atoms with Crippen LogP contribution in [0, 0.1) is 13.8 Å². The molecule has 1 saturated heterocycles. The van der Waals surface area contributed by atoms with Crippen molar-refractivity contribution < 1.29 is 14.3 Å². The second-order valence-corrected chi connectivity index (χ2v) is 8.71. The van der Waals surface area contributed by atoms with Gasteiger partial charge in [-0.15, -0.1) is 0 Å². The van der Waals surface area contributed by atoms with Crippen LogP contribution in [0.5, 0.6) is 0 Å². The van der Waals surface area contributed by atoms with Crippen LogP contribution in [0.3, 0.4) is 0 Å². The molecule has 7 nitrogen and oxygen atoms in total. The number of amides is 1. The number of hydrogen-bond donors (Lipinski definition) is 0. The molecule has 0 saturated carbocycles. The fraction of sp³-hybridized carbons (Fsp3) is 0.462. The SMILES string of the molecule is COCCN(CCN1CCOCC1)C(=O)Cc1c(-c2ccc(C)cc2)nc2ccc(C)cn12. The minimum atomic E-state index is 0.0944. The lowest BCUT2D eigenvalue weighted by Gasteiger charge is -2.30. The molecule has 3 aromatic rings. The Kier molecular flexibility index (Phi) is 7.75. The Morgan fingerprint density at radius 3 is 2.52 bits per heavy atom. The van der Waals surface area contributed by atoms with Crippen LogP contribution in [0.25, 0.3) is 16.9 Å². The highest BCUT2D eigenvalue weighted by molar-refractivity contribution is 5.81. The first-order valence-electron chi connectivity index (χ1n) is 11.7. The van der Waals surface area contributed by atoms with E-state index in [2.05, 4.69) is 59.7 Å². The van der Waals surface area contributed by atoms with Gasteiger partial charge in [-0.25, -0.2) is 4.98 Å². The molecule has 0 aliphatic carbocycles. The molecule has 0 bridgehead atoms. The van der Waals surface area contributed by atoms with Gasteiger partial charge in [0.2, 0.25) is 5.91 Å². The summed E-state index contributed by atoms with van der Waals surface area (Å²) in [5.41, 5.74) is 6.01. The summed E-state index contributed by atoms with van der Waals surface area (Å²) in [5.74, 6) is 0.0944. The molecule has 2 aromatic heterocycles. The van der Waals surface area contributed by atoms with E-state index in [0.29, 0.717) is 26.1 Å². The normalized spacial score (nSPS) is 14.6. The van der Waals surface area contributed by atoms with Gasteiger partial charge in [0, 0.05) is 51.6 Å². The van der Waals surface area contributed by atoms with E-state index in [9.17, 15) is 4.79 Å². The maximum absolute atomic E-state index is 13.5. The van der Waals surface area contributed by atoms with Gasteiger partial charge in [-0.05, 0) is 25.5 Å². The summed E-state index contributed by atoms with van der Waals surface area (Å²) in [7, 11) is 1.67. The van der Waals surface area contributed by atoms with Crippen molar-refractivity contribution in [3.8, 4) is 11.3 Å². The lowest BCUT2D eigenvalue weighted by atomic mass is 10.1. The quantitative estimate of drug-likeness (QED) is 0.502. The average Bonchev–Trinajstić information content (AvgIpc) is 3.17. The van der Waals surface area contributed by atoms with Crippen molar-refractivity contribution >= 4 is 11.6 Å². The highest BCUT2D eigenvalue weighted by Crippen LogP contribution is 2.26. The van der Waals surface area contributed by atoms with Gasteiger partial charge in [0.15, 0.2) is 0 Å². The molecule has 0 unspecified atom stereocenters. The number of imidazole rings is 1. The van der Waals surface area contributed by atoms with Gasteiger partial charge in [-0.2, -0.15) is 0 Å². The molecule has 4 rings (SSSR count). The first-order chi connectivity index (χ1) is 16.0. The topological polar surface area (TPSA) is 59.3 Å². The molecule has 33 heavy (non-hydrogen) atoms. The fourth-order valence-electron chi connectivity index (χ4n) is 4.22. The monoisotopic (exact) mass is 450 g/mol. The van der Waals surface area contributed by atoms with Crippen molar-refractivity contribution in [3.63, 3.8) is 0 Å². The third kappa shape index (κ3) is 5.79. The van der Waals surface area contributed by atoms with Gasteiger partial charge in [0.1, 0.15) is 5.65 Å². The number of benzene rings is 1. The standard InChI is InChI=1S/C26H34N4O3/c1-20-4-7-22(8-5-20)26-23(30-19-21(2)6-9-24(30)27-26)18-25(31)29(14-15-32-3)11-10-28-12-16-33-17-13-28/h4-9,19H,10-18H2,1-3H3. The van der Waals surface area contributed by atoms with E-state index in [-0.39, 0.29) is 5.91 Å². The minimum Gasteiger partial charge on any atom is -0.383 e. The Bertz CT molecular complexity index is 1070. The zero-order valence-corrected chi connectivity index (χ0v) is 19.9. The van der Waals surface area contributed by atoms with Crippen molar-refractivity contribution in [1.82, 2.24) is 19.2 Å². The summed E-state index contributed by atoms with van der Waals surface area (Å²) in [5, 5.41) is 0. The smallest absolute Gasteiger partial charge is 0.228 e. The molecule has 1 aliphatic rings. The molecule has 1 aromatic carbocycles. The number of morpholine rings is 1. The zero-order valence-electron chi connectivity index (χ0n) is 19.9. The van der Waals surface area contributed by atoms with E-state index >= 15 is 0 Å². The molecule has 0 N–H and O–H groups in total. The molecular weight excluding hydrogens is 416 g/mol. The van der Waals surface area contributed by atoms with Crippen molar-refractivity contribution in [2.45, 2.75) is 20.3 Å². The maximum Gasteiger partial charge on any atom is 0.228 e. The number of ether oxygens (including phenoxy) is 2. The Balaban J connectivity index is 1.60. The minimum absolute atomic E-state index is 0.0944. The third-order valence-corrected chi connectivity index (χ3v) is 6.22. The van der Waals surface area contributed by atoms with Crippen LogP contribution in [0.15, 0.2) is 42.6 Å². The largest absolute Gasteiger partial charge is 0.383 e. The summed E-state index contributed by atoms with van der Waals surface area (Å²) >= 11 is 0. The van der Waals surface area contributed by atoms with E-state index in [1.54, 1.807) is 7.11 Å². The predicted octanol–water partition coefficient (Wildman–Crippen LogP) is 2.97. The number of aryl methyl sites for hydroxylation is 2. The molecule has 176 valence electrons. The van der Waals surface area contributed by atoms with Gasteiger partial charge >= 0.3 is 0 Å². The molecule has 0 radical (unpaired) electrons. The van der Waals surface area contributed by atoms with Gasteiger partial charge in [-0.3, -0.25) is 9.69 Å². The number of methoxy groups -OCH3 is 1. The van der Waals surface area contributed by atoms with Crippen LogP contribution < -0.4 is 0 Å². The predicted molar refractivity (Wildman–Crippen MR) is 130 cm³/mol. The summed E-state index contributed by atoms with van der Waals surface area (Å²) in [6, 6.07) is 12.4. The molecule has 7 heteroatoms. The first-order valence-corrected chi connectivity index (χ1v) is 11.7. The molecule has 1 aliphatic heterocycles. The summed E-state index contributed by atoms with van der Waals surface area (Å²) in [4.78, 5) is 22.7. The van der Waals surface area contributed by atoms with Gasteiger partial charge in [0.25, 0.3) is 0 Å². The van der Waals surface area contributed by atoms with E-state index in [4.69, 9.17) is 14.5 Å². The first kappa shape index (κ1) is 23.4. The lowest BCUT2D eigenvalue weighted by Crippen LogP contribution is -2.44. The van der Waals surface area contributed by atoms with Crippen LogP contribution >= 0.6 is 0 Å². The second-order valence-electron chi connectivity index (χ2n) is 8.71. The summed E-state index contributed by atoms with van der Waals surface area (Å²) < 4.78 is 12.8. The van der Waals surface area contributed by atoms with Crippen LogP contribution in [0.1, 0.15) is 16.8 Å². The van der Waals surface area contributed by atoms with E-state index in [1.165, 1.54) is 5.56 Å². The van der Waals surface area contributed by atoms with E-state index in [0.717, 1.165) is 61.0 Å². The fourth-order valence-corrected chi connectivity index (χ4v) is 4.22. The second kappa shape index (κ2) is 10.9. The van der Waals surface area contributed by atoms with E-state index in [1.807, 2.05) is 11.0 Å². The van der Waals surface area contributed by atoms with Crippen LogP contribution in [0.4, 0.5) is 0 Å². The molecule has 0 atom stereocenters. The third-order valence-electron chi connectivity index (χ3n) is 6.22. The number of carbonyl (C=O) groups is 1. The number of rotatable bonds is 9. The number of carbonyl (C=O) groups excluding carboxylic acids is 1. The Morgan fingerprint density at radius 1 is 1.06 bits per heavy atom. The molecular formula is C26H34N4O3. The lowest BCUT2D eigenvalue weighted by molar-refractivity contribution is -0.131. The van der Waals surface area contributed by atoms with Crippen LogP contribution in [0.2, 0.25) is 0 Å². The zero-order chi connectivity index (χ0) is 23.2. The van der Waals surface area contributed by atoms with Gasteiger partial charge < -0.3 is 18.8 Å². The Hall–Kier alpha value is -2.74. The molecule has 1 fully saturated rings. The molecule has 1 amide bonds. The average molecular weight is 451 g/mol. The number of aromatic nitrogens is 2. The number of hydrogen-bond acceptors (Lipinski definition) is 5. The Morgan fingerprint density at radius 2 is 1.79 bits per heavy atom. The van der Waals surface area contributed by atoms with Crippen LogP contribution in [-0.2, 0) is 20.7 Å². The molecule has 0 spiro atoms. The van der Waals surface area contributed by atoms with Crippen molar-refractivity contribution in [2.24, 2.45) is 0 Å². The highest BCUT2D eigenvalue weighted by Gasteiger charge is 2.22. The van der Waals surface area contributed by atoms with Gasteiger partial charge in [-0.1, -0.05) is 35.9 Å². The number of nitrogens with zero attached hydrogens (tertiary/aromatic N) is 4. The Labute approximate surface area is 195 Å². The van der Waals surface area contributed by atoms with Crippen molar-refractivity contribution in [3.05, 3.63) is 59.4 Å². The van der Waals surface area contributed by atoms with Crippen molar-refractivity contribution in [1.29, 1.82) is 0 Å². The number of fused-ring (bicyclic) bond motifs is 1. The maximum atomic E-state index is 13.5. The summed E-state index contributed by atoms with van der Waals surface area (Å²) in [6.45, 7) is 10.1. The molecule has 3 heterocycles. The van der Waals surface area contributed by atoms with Gasteiger partial charge in [0.05, 0.1) is 37.6 Å². The van der Waals surface area contributed by atoms with E-state index < -0.39 is 0 Å². The number of pyridine rings is 1. The highest BCUT2D eigenvalue weighted by atomic mass is 16.5. The summed E-state index contributed by atoms with van der Waals surface area (Å²) in [6.07, 6.45) is 2.36. The van der Waals surface area contributed by atoms with Crippen LogP contribution in [-0.4, -0.2) is 84.7 Å².